The van der Waals surface area contributed by atoms with E-state index in [0.717, 1.165) is 78.1 Å². The number of aromatic nitrogens is 4. The number of anilines is 2. The molecule has 0 saturated carbocycles. The number of aldehydes is 1. The van der Waals surface area contributed by atoms with Crippen molar-refractivity contribution in [3.63, 3.8) is 0 Å². The van der Waals surface area contributed by atoms with Crippen molar-refractivity contribution in [3.8, 4) is 34.0 Å². The molecule has 3 heterocycles. The average Bonchev–Trinajstić information content (AvgIpc) is 3.81. The summed E-state index contributed by atoms with van der Waals surface area (Å²) in [4.78, 5) is 41.6. The largest absolute Gasteiger partial charge is 0.573 e. The minimum Gasteiger partial charge on any atom is -0.406 e. The monoisotopic (exact) mass is 1030 g/mol. The molecule has 0 N–H and O–H groups in total. The van der Waals surface area contributed by atoms with Crippen LogP contribution in [0.25, 0.3) is 22.5 Å². The molecule has 406 valence electrons. The van der Waals surface area contributed by atoms with Gasteiger partial charge < -0.3 is 29.0 Å². The van der Waals surface area contributed by atoms with Crippen molar-refractivity contribution >= 4 is 24.7 Å². The molecule has 17 heteroatoms. The zero-order valence-electron chi connectivity index (χ0n) is 45.7. The molecule has 1 aliphatic rings. The Morgan fingerprint density at radius 3 is 1.62 bits per heavy atom. The summed E-state index contributed by atoms with van der Waals surface area (Å²) in [5, 5.41) is 0. The lowest BCUT2D eigenvalue weighted by Crippen LogP contribution is -2.18. The van der Waals surface area contributed by atoms with E-state index in [9.17, 15) is 26.3 Å². The van der Waals surface area contributed by atoms with E-state index in [1.165, 1.54) is 79.9 Å². The Morgan fingerprint density at radius 1 is 0.767 bits per heavy atom. The number of halogens is 6. The molecule has 0 amide bonds. The second-order valence-electron chi connectivity index (χ2n) is 17.2. The highest BCUT2D eigenvalue weighted by molar-refractivity contribution is 5.71. The van der Waals surface area contributed by atoms with Crippen molar-refractivity contribution < 1.29 is 45.4 Å². The summed E-state index contributed by atoms with van der Waals surface area (Å²) in [6, 6.07) is 11.5. The van der Waals surface area contributed by atoms with E-state index in [1.807, 2.05) is 71.5 Å². The van der Waals surface area contributed by atoms with Crippen LogP contribution in [0.5, 0.6) is 11.5 Å². The third-order valence-corrected chi connectivity index (χ3v) is 11.4. The van der Waals surface area contributed by atoms with Crippen LogP contribution in [0.15, 0.2) is 91.1 Å². The molecular formula is C56H81F6N7O4. The first kappa shape index (κ1) is 66.9. The number of rotatable bonds is 17. The van der Waals surface area contributed by atoms with Crippen LogP contribution < -0.4 is 19.3 Å². The molecule has 1 aliphatic heterocycles. The minimum absolute atomic E-state index is 0.223. The summed E-state index contributed by atoms with van der Waals surface area (Å²) in [6.45, 7) is 30.0. The topological polar surface area (TPSA) is 114 Å². The van der Waals surface area contributed by atoms with Crippen molar-refractivity contribution in [1.82, 2.24) is 24.8 Å². The van der Waals surface area contributed by atoms with Gasteiger partial charge in [0.2, 0.25) is 0 Å². The van der Waals surface area contributed by atoms with Crippen LogP contribution >= 0.6 is 0 Å². The number of alkyl halides is 6. The number of allylic oxidation sites excluding steroid dienone is 3. The number of nitrogens with zero attached hydrogens (tertiary/aromatic N) is 7. The number of ether oxygens (including phenoxy) is 2. The third kappa shape index (κ3) is 25.4. The maximum absolute atomic E-state index is 12.5. The Balaban J connectivity index is 0.00000110. The molecule has 2 atom stereocenters. The van der Waals surface area contributed by atoms with E-state index < -0.39 is 12.7 Å². The molecule has 2 unspecified atom stereocenters. The molecule has 1 fully saturated rings. The first-order valence-corrected chi connectivity index (χ1v) is 24.8. The van der Waals surface area contributed by atoms with Crippen molar-refractivity contribution in [2.45, 2.75) is 146 Å². The van der Waals surface area contributed by atoms with Crippen LogP contribution in [0.3, 0.4) is 0 Å². The highest BCUT2D eigenvalue weighted by Crippen LogP contribution is 2.35. The minimum atomic E-state index is -4.71. The maximum atomic E-state index is 12.5. The molecule has 5 rings (SSSR count). The van der Waals surface area contributed by atoms with Gasteiger partial charge in [-0.3, -0.25) is 4.79 Å². The van der Waals surface area contributed by atoms with Gasteiger partial charge >= 0.3 is 12.7 Å². The normalized spacial score (nSPS) is 13.8. The second kappa shape index (κ2) is 35.1. The Bertz CT molecular complexity index is 2250. The van der Waals surface area contributed by atoms with Crippen molar-refractivity contribution in [2.24, 2.45) is 5.92 Å². The molecule has 0 bridgehead atoms. The predicted octanol–water partition coefficient (Wildman–Crippen LogP) is 15.4. The molecule has 2 aromatic carbocycles. The summed E-state index contributed by atoms with van der Waals surface area (Å²) >= 11 is 0. The van der Waals surface area contributed by atoms with Crippen LogP contribution in [-0.4, -0.2) is 84.9 Å². The highest BCUT2D eigenvalue weighted by Gasteiger charge is 2.32. The Labute approximate surface area is 431 Å². The molecule has 0 aliphatic carbocycles. The lowest BCUT2D eigenvalue weighted by Gasteiger charge is -2.22. The molecule has 0 radical (unpaired) electrons. The van der Waals surface area contributed by atoms with Crippen molar-refractivity contribution in [2.75, 3.05) is 44.0 Å². The number of likely N-dealkylation sites (N-methyl/N-ethyl adjacent to an activating group) is 1. The van der Waals surface area contributed by atoms with Crippen LogP contribution in [-0.2, 0) is 9.59 Å². The number of unbranched alkanes of at least 4 members (excludes halogenated alkanes) is 2. The molecule has 0 spiro atoms. The fraction of sp³-hybridized carbons (Fsp3) is 0.500. The first-order valence-electron chi connectivity index (χ1n) is 24.8. The quantitative estimate of drug-likeness (QED) is 0.0436. The third-order valence-electron chi connectivity index (χ3n) is 11.4. The second-order valence-corrected chi connectivity index (χ2v) is 17.2. The molecule has 11 nitrogen and oxygen atoms in total. The molecular weight excluding hydrogens is 949 g/mol. The number of likely N-dealkylation sites (tertiary alicyclic amines) is 1. The SMILES string of the molecule is C=CC=O.C=O.CC.CC/C(C)=C/N(C)c1nc(C2CCN(C)C2)nc(-c2ccc(OC(F)(F)F)cc2)c1C.CC/C(C)=C/N(C)c1ncnc(-c2ccc(OC(F)(F)F)cc2)c1C.CCCCCC(C)CC. The van der Waals surface area contributed by atoms with E-state index in [4.69, 9.17) is 19.6 Å². The number of carbonyl (C=O) groups is 2. The molecule has 73 heavy (non-hydrogen) atoms. The standard InChI is InChI=1S/C23H29F3N4O.C18H20F3N3O.C9H20.C3H4O.C2H6.CH2O/c1-6-15(2)13-30(5)22-16(3)20(27-21(28-22)18-11-12-29(4)14-18)17-7-9-19(10-8-17)31-23(24,25)26;1-5-12(2)10-24(4)17-13(3)16(22-11-23-17)14-6-8-15(9-7-14)25-18(19,20)21;1-4-6-7-8-9(3)5-2;1-2-3-4;2*1-2/h7-10,13,18H,6,11-12,14H2,1-5H3;6-11H,5H2,1-4H3;9H,4-8H2,1-3H3;2-3H,1H2;1-2H3;1H2/b15-13+;12-10+;;;;. The van der Waals surface area contributed by atoms with Crippen LogP contribution in [0.2, 0.25) is 0 Å². The van der Waals surface area contributed by atoms with Gasteiger partial charge in [-0.05, 0) is 121 Å². The van der Waals surface area contributed by atoms with E-state index in [1.54, 1.807) is 24.3 Å². The van der Waals surface area contributed by atoms with Gasteiger partial charge in [0.1, 0.15) is 48.4 Å². The van der Waals surface area contributed by atoms with Gasteiger partial charge in [-0.25, -0.2) is 19.9 Å². The van der Waals surface area contributed by atoms with Gasteiger partial charge in [-0.2, -0.15) is 0 Å². The zero-order valence-corrected chi connectivity index (χ0v) is 45.7. The first-order chi connectivity index (χ1) is 34.5. The molecule has 1 saturated heterocycles. The van der Waals surface area contributed by atoms with E-state index in [2.05, 4.69) is 85.7 Å². The Morgan fingerprint density at radius 2 is 1.22 bits per heavy atom. The van der Waals surface area contributed by atoms with E-state index in [-0.39, 0.29) is 17.4 Å². The van der Waals surface area contributed by atoms with E-state index >= 15 is 0 Å². The van der Waals surface area contributed by atoms with Crippen molar-refractivity contribution in [1.29, 1.82) is 0 Å². The van der Waals surface area contributed by atoms with Gasteiger partial charge in [-0.15, -0.1) is 26.3 Å². The number of carbonyl (C=O) groups excluding carboxylic acids is 2. The fourth-order valence-corrected chi connectivity index (χ4v) is 7.10. The number of hydrogen-bond acceptors (Lipinski definition) is 11. The van der Waals surface area contributed by atoms with Crippen molar-refractivity contribution in [3.05, 3.63) is 108 Å². The average molecular weight is 1030 g/mol. The number of hydrogen-bond donors (Lipinski definition) is 0. The maximum Gasteiger partial charge on any atom is 0.573 e. The molecule has 4 aromatic rings. The fourth-order valence-electron chi connectivity index (χ4n) is 7.10. The zero-order chi connectivity index (χ0) is 55.9. The predicted molar refractivity (Wildman–Crippen MR) is 286 cm³/mol. The summed E-state index contributed by atoms with van der Waals surface area (Å²) < 4.78 is 82.2. The Kier molecular flexibility index (Phi) is 32.2. The van der Waals surface area contributed by atoms with Gasteiger partial charge in [0.15, 0.2) is 0 Å². The smallest absolute Gasteiger partial charge is 0.406 e. The summed E-state index contributed by atoms with van der Waals surface area (Å²) in [6.07, 6.45) is 7.76. The summed E-state index contributed by atoms with van der Waals surface area (Å²) in [7, 11) is 5.94. The van der Waals surface area contributed by atoms with Gasteiger partial charge in [0.05, 0.1) is 11.4 Å². The van der Waals surface area contributed by atoms with E-state index in [0.29, 0.717) is 17.5 Å². The van der Waals surface area contributed by atoms with Gasteiger partial charge in [0, 0.05) is 61.2 Å². The highest BCUT2D eigenvalue weighted by atomic mass is 19.4. The van der Waals surface area contributed by atoms with Crippen LogP contribution in [0.4, 0.5) is 38.0 Å². The lowest BCUT2D eigenvalue weighted by molar-refractivity contribution is -0.275. The summed E-state index contributed by atoms with van der Waals surface area (Å²) in [5.74, 6) is 2.98. The lowest BCUT2D eigenvalue weighted by atomic mass is 10.0. The number of benzene rings is 2. The Hall–Kier alpha value is -6.10. The van der Waals surface area contributed by atoms with Crippen LogP contribution in [0, 0.1) is 19.8 Å². The van der Waals surface area contributed by atoms with Gasteiger partial charge in [0.25, 0.3) is 0 Å². The van der Waals surface area contributed by atoms with Crippen LogP contribution in [0.1, 0.15) is 137 Å². The van der Waals surface area contributed by atoms with Gasteiger partial charge in [-0.1, -0.05) is 98.3 Å². The molecule has 2 aromatic heterocycles. The summed E-state index contributed by atoms with van der Waals surface area (Å²) in [5.41, 5.74) is 6.96.